The number of carbonyl (C=O) groups excluding carboxylic acids is 1. The Labute approximate surface area is 119 Å². The Hall–Kier alpha value is -1.43. The number of benzene rings is 1. The third-order valence-electron chi connectivity index (χ3n) is 3.35. The van der Waals surface area contributed by atoms with E-state index in [1.165, 1.54) is 12.5 Å². The Bertz CT molecular complexity index is 442. The summed E-state index contributed by atoms with van der Waals surface area (Å²) < 4.78 is 5.34. The van der Waals surface area contributed by atoms with Gasteiger partial charge in [-0.05, 0) is 18.1 Å². The molecule has 110 valence electrons. The molecule has 2 rings (SSSR count). The molecule has 1 aliphatic rings. The standard InChI is InChI=1S/C15H22N2O3/c1-12(18)15(19)16-10-13-3-2-4-14(9-13)11-17-5-7-20-8-6-17/h2-4,9,12,18H,5-8,10-11H2,1H3,(H,16,19). The number of aliphatic hydroxyl groups is 1. The number of carbonyl (C=O) groups is 1. The normalized spacial score (nSPS) is 17.7. The minimum absolute atomic E-state index is 0.344. The predicted molar refractivity (Wildman–Crippen MR) is 76.1 cm³/mol. The summed E-state index contributed by atoms with van der Waals surface area (Å²) in [5.74, 6) is -0.344. The number of aliphatic hydroxyl groups excluding tert-OH is 1. The topological polar surface area (TPSA) is 61.8 Å². The third-order valence-corrected chi connectivity index (χ3v) is 3.35. The second-order valence-electron chi connectivity index (χ2n) is 5.10. The number of hydrogen-bond donors (Lipinski definition) is 2. The first-order chi connectivity index (χ1) is 9.65. The van der Waals surface area contributed by atoms with Gasteiger partial charge < -0.3 is 15.2 Å². The monoisotopic (exact) mass is 278 g/mol. The van der Waals surface area contributed by atoms with Crippen LogP contribution in [-0.2, 0) is 22.6 Å². The van der Waals surface area contributed by atoms with E-state index in [0.717, 1.165) is 38.4 Å². The van der Waals surface area contributed by atoms with Gasteiger partial charge in [0.2, 0.25) is 5.91 Å². The first kappa shape index (κ1) is 15.0. The zero-order valence-electron chi connectivity index (χ0n) is 11.8. The number of nitrogens with zero attached hydrogens (tertiary/aromatic N) is 1. The number of nitrogens with one attached hydrogen (secondary N) is 1. The molecule has 1 heterocycles. The summed E-state index contributed by atoms with van der Waals surface area (Å²) in [5.41, 5.74) is 2.28. The highest BCUT2D eigenvalue weighted by Crippen LogP contribution is 2.10. The van der Waals surface area contributed by atoms with Crippen LogP contribution in [0.25, 0.3) is 0 Å². The van der Waals surface area contributed by atoms with Gasteiger partial charge in [-0.1, -0.05) is 24.3 Å². The van der Waals surface area contributed by atoms with Crippen LogP contribution < -0.4 is 5.32 Å². The third kappa shape index (κ3) is 4.59. The smallest absolute Gasteiger partial charge is 0.248 e. The summed E-state index contributed by atoms with van der Waals surface area (Å²) in [4.78, 5) is 13.7. The van der Waals surface area contributed by atoms with Crippen LogP contribution in [0.15, 0.2) is 24.3 Å². The Morgan fingerprint density at radius 1 is 1.40 bits per heavy atom. The van der Waals surface area contributed by atoms with E-state index in [1.54, 1.807) is 0 Å². The molecule has 1 fully saturated rings. The molecule has 1 aromatic rings. The van der Waals surface area contributed by atoms with Gasteiger partial charge in [-0.2, -0.15) is 0 Å². The Morgan fingerprint density at radius 2 is 2.10 bits per heavy atom. The highest BCUT2D eigenvalue weighted by atomic mass is 16.5. The highest BCUT2D eigenvalue weighted by molar-refractivity contribution is 5.79. The molecule has 0 aromatic heterocycles. The molecule has 2 N–H and O–H groups in total. The lowest BCUT2D eigenvalue weighted by Crippen LogP contribution is -2.35. The van der Waals surface area contributed by atoms with Crippen molar-refractivity contribution >= 4 is 5.91 Å². The van der Waals surface area contributed by atoms with Crippen molar-refractivity contribution in [2.24, 2.45) is 0 Å². The molecule has 0 aliphatic carbocycles. The maximum atomic E-state index is 11.3. The number of ether oxygens (including phenoxy) is 1. The molecule has 20 heavy (non-hydrogen) atoms. The van der Waals surface area contributed by atoms with Crippen molar-refractivity contribution in [3.05, 3.63) is 35.4 Å². The van der Waals surface area contributed by atoms with Gasteiger partial charge in [-0.15, -0.1) is 0 Å². The van der Waals surface area contributed by atoms with Gasteiger partial charge in [0.1, 0.15) is 6.10 Å². The highest BCUT2D eigenvalue weighted by Gasteiger charge is 2.11. The van der Waals surface area contributed by atoms with E-state index in [-0.39, 0.29) is 5.91 Å². The van der Waals surface area contributed by atoms with Crippen molar-refractivity contribution in [3.8, 4) is 0 Å². The molecule has 0 bridgehead atoms. The van der Waals surface area contributed by atoms with Crippen LogP contribution in [0.1, 0.15) is 18.1 Å². The van der Waals surface area contributed by atoms with Gasteiger partial charge in [0, 0.05) is 26.2 Å². The van der Waals surface area contributed by atoms with Crippen molar-refractivity contribution in [1.29, 1.82) is 0 Å². The van der Waals surface area contributed by atoms with Crippen LogP contribution in [0.3, 0.4) is 0 Å². The summed E-state index contributed by atoms with van der Waals surface area (Å²) >= 11 is 0. The average Bonchev–Trinajstić information content (AvgIpc) is 2.46. The van der Waals surface area contributed by atoms with E-state index in [4.69, 9.17) is 9.84 Å². The van der Waals surface area contributed by atoms with Crippen LogP contribution in [-0.4, -0.2) is 48.3 Å². The molecule has 0 radical (unpaired) electrons. The molecule has 1 saturated heterocycles. The largest absolute Gasteiger partial charge is 0.384 e. The second kappa shape index (κ2) is 7.38. The molecular formula is C15H22N2O3. The number of morpholine rings is 1. The fourth-order valence-electron chi connectivity index (χ4n) is 2.19. The lowest BCUT2D eigenvalue weighted by molar-refractivity contribution is -0.128. The molecule has 5 heteroatoms. The van der Waals surface area contributed by atoms with Gasteiger partial charge in [0.15, 0.2) is 0 Å². The molecule has 5 nitrogen and oxygen atoms in total. The quantitative estimate of drug-likeness (QED) is 0.824. The van der Waals surface area contributed by atoms with Crippen LogP contribution >= 0.6 is 0 Å². The van der Waals surface area contributed by atoms with E-state index >= 15 is 0 Å². The Balaban J connectivity index is 1.88. The Morgan fingerprint density at radius 3 is 2.80 bits per heavy atom. The second-order valence-corrected chi connectivity index (χ2v) is 5.10. The minimum Gasteiger partial charge on any atom is -0.384 e. The van der Waals surface area contributed by atoms with E-state index in [2.05, 4.69) is 22.3 Å². The Kier molecular flexibility index (Phi) is 5.52. The molecular weight excluding hydrogens is 256 g/mol. The SMILES string of the molecule is CC(O)C(=O)NCc1cccc(CN2CCOCC2)c1. The van der Waals surface area contributed by atoms with Crippen molar-refractivity contribution < 1.29 is 14.6 Å². The van der Waals surface area contributed by atoms with Crippen molar-refractivity contribution in [3.63, 3.8) is 0 Å². The lowest BCUT2D eigenvalue weighted by atomic mass is 10.1. The molecule has 0 spiro atoms. The van der Waals surface area contributed by atoms with Crippen molar-refractivity contribution in [1.82, 2.24) is 10.2 Å². The first-order valence-corrected chi connectivity index (χ1v) is 6.99. The minimum atomic E-state index is -0.966. The molecule has 1 amide bonds. The van der Waals surface area contributed by atoms with Gasteiger partial charge in [0.25, 0.3) is 0 Å². The number of amides is 1. The van der Waals surface area contributed by atoms with Gasteiger partial charge >= 0.3 is 0 Å². The summed E-state index contributed by atoms with van der Waals surface area (Å²) in [6.07, 6.45) is -0.966. The van der Waals surface area contributed by atoms with E-state index in [9.17, 15) is 4.79 Å². The zero-order valence-corrected chi connectivity index (χ0v) is 11.8. The summed E-state index contributed by atoms with van der Waals surface area (Å²) in [7, 11) is 0. The van der Waals surface area contributed by atoms with Crippen molar-refractivity contribution in [2.45, 2.75) is 26.1 Å². The maximum absolute atomic E-state index is 11.3. The molecule has 1 aromatic carbocycles. The van der Waals surface area contributed by atoms with Crippen LogP contribution in [0.2, 0.25) is 0 Å². The summed E-state index contributed by atoms with van der Waals surface area (Å²) in [6, 6.07) is 8.16. The van der Waals surface area contributed by atoms with Crippen LogP contribution in [0, 0.1) is 0 Å². The maximum Gasteiger partial charge on any atom is 0.248 e. The number of rotatable bonds is 5. The van der Waals surface area contributed by atoms with E-state index < -0.39 is 6.10 Å². The van der Waals surface area contributed by atoms with Crippen LogP contribution in [0.4, 0.5) is 0 Å². The van der Waals surface area contributed by atoms with Crippen LogP contribution in [0.5, 0.6) is 0 Å². The van der Waals surface area contributed by atoms with Gasteiger partial charge in [0.05, 0.1) is 13.2 Å². The fraction of sp³-hybridized carbons (Fsp3) is 0.533. The van der Waals surface area contributed by atoms with E-state index in [0.29, 0.717) is 6.54 Å². The fourth-order valence-corrected chi connectivity index (χ4v) is 2.19. The summed E-state index contributed by atoms with van der Waals surface area (Å²) in [5, 5.41) is 11.8. The molecule has 1 aliphatic heterocycles. The zero-order chi connectivity index (χ0) is 14.4. The van der Waals surface area contributed by atoms with Crippen molar-refractivity contribution in [2.75, 3.05) is 26.3 Å². The predicted octanol–water partition coefficient (Wildman–Crippen LogP) is 0.516. The lowest BCUT2D eigenvalue weighted by Gasteiger charge is -2.26. The molecule has 1 atom stereocenters. The first-order valence-electron chi connectivity index (χ1n) is 6.99. The van der Waals surface area contributed by atoms with Gasteiger partial charge in [-0.25, -0.2) is 0 Å². The average molecular weight is 278 g/mol. The number of hydrogen-bond acceptors (Lipinski definition) is 4. The molecule has 0 saturated carbocycles. The van der Waals surface area contributed by atoms with E-state index in [1.807, 2.05) is 12.1 Å². The molecule has 1 unspecified atom stereocenters. The summed E-state index contributed by atoms with van der Waals surface area (Å²) in [6.45, 7) is 6.33. The van der Waals surface area contributed by atoms with Gasteiger partial charge in [-0.3, -0.25) is 9.69 Å².